The first-order valence-electron chi connectivity index (χ1n) is 8.44. The van der Waals surface area contributed by atoms with E-state index in [1.54, 1.807) is 18.9 Å². The number of hydrogen-bond acceptors (Lipinski definition) is 5. The van der Waals surface area contributed by atoms with E-state index >= 15 is 0 Å². The maximum absolute atomic E-state index is 5.75. The number of aromatic nitrogens is 1. The summed E-state index contributed by atoms with van der Waals surface area (Å²) in [6.45, 7) is 5.03. The van der Waals surface area contributed by atoms with Crippen LogP contribution in [0.15, 0.2) is 48.3 Å². The number of ether oxygens (including phenoxy) is 1. The van der Waals surface area contributed by atoms with Gasteiger partial charge in [0, 0.05) is 59.5 Å². The molecule has 0 unspecified atom stereocenters. The number of pyridine rings is 1. The van der Waals surface area contributed by atoms with E-state index in [0.29, 0.717) is 0 Å². The lowest BCUT2D eigenvalue weighted by Gasteiger charge is -2.28. The Morgan fingerprint density at radius 3 is 2.69 bits per heavy atom. The molecule has 0 spiro atoms. The topological polar surface area (TPSA) is 28.6 Å². The summed E-state index contributed by atoms with van der Waals surface area (Å²) in [4.78, 5) is 9.73. The SMILES string of the molecule is C=C1c2cnccc2C(c2cc(OC)c(CN(C)C)c(SC)c2)=CN1C. The van der Waals surface area contributed by atoms with Crippen molar-refractivity contribution in [3.05, 3.63) is 65.6 Å². The van der Waals surface area contributed by atoms with Gasteiger partial charge < -0.3 is 14.5 Å². The first kappa shape index (κ1) is 18.5. The lowest BCUT2D eigenvalue weighted by Crippen LogP contribution is -2.16. The average Bonchev–Trinajstić information content (AvgIpc) is 2.64. The highest BCUT2D eigenvalue weighted by molar-refractivity contribution is 7.98. The summed E-state index contributed by atoms with van der Waals surface area (Å²) in [5, 5.41) is 0. The normalized spacial score (nSPS) is 13.7. The molecule has 136 valence electrons. The quantitative estimate of drug-likeness (QED) is 0.740. The number of fused-ring (bicyclic) bond motifs is 1. The largest absolute Gasteiger partial charge is 0.496 e. The van der Waals surface area contributed by atoms with Gasteiger partial charge in [0.15, 0.2) is 0 Å². The number of thioether (sulfide) groups is 1. The van der Waals surface area contributed by atoms with Crippen LogP contribution in [0, 0.1) is 0 Å². The van der Waals surface area contributed by atoms with Crippen LogP contribution in [0.5, 0.6) is 5.75 Å². The van der Waals surface area contributed by atoms with E-state index in [9.17, 15) is 0 Å². The van der Waals surface area contributed by atoms with Gasteiger partial charge in [0.1, 0.15) is 5.75 Å². The van der Waals surface area contributed by atoms with E-state index in [2.05, 4.69) is 66.1 Å². The number of methoxy groups -OCH3 is 1. The third kappa shape index (κ3) is 3.37. The highest BCUT2D eigenvalue weighted by Crippen LogP contribution is 2.40. The zero-order valence-corrected chi connectivity index (χ0v) is 16.9. The Balaban J connectivity index is 2.18. The highest BCUT2D eigenvalue weighted by atomic mass is 32.2. The van der Waals surface area contributed by atoms with Crippen LogP contribution in [-0.4, -0.2) is 49.3 Å². The van der Waals surface area contributed by atoms with Gasteiger partial charge in [0.25, 0.3) is 0 Å². The molecule has 0 atom stereocenters. The fraction of sp³-hybridized carbons (Fsp3) is 0.286. The number of hydrogen-bond donors (Lipinski definition) is 0. The van der Waals surface area contributed by atoms with Crippen LogP contribution in [-0.2, 0) is 6.54 Å². The Hall–Kier alpha value is -2.24. The summed E-state index contributed by atoms with van der Waals surface area (Å²) in [6.07, 6.45) is 7.96. The molecule has 26 heavy (non-hydrogen) atoms. The number of benzene rings is 1. The zero-order valence-electron chi connectivity index (χ0n) is 16.0. The molecule has 0 aliphatic carbocycles. The smallest absolute Gasteiger partial charge is 0.125 e. The Labute approximate surface area is 160 Å². The van der Waals surface area contributed by atoms with Crippen LogP contribution in [0.25, 0.3) is 11.3 Å². The predicted octanol–water partition coefficient (Wildman–Crippen LogP) is 4.18. The molecule has 0 fully saturated rings. The first-order chi connectivity index (χ1) is 12.5. The summed E-state index contributed by atoms with van der Waals surface area (Å²) < 4.78 is 5.75. The van der Waals surface area contributed by atoms with Crippen molar-refractivity contribution >= 4 is 23.0 Å². The first-order valence-corrected chi connectivity index (χ1v) is 9.67. The molecule has 1 aromatic carbocycles. The Morgan fingerprint density at radius 2 is 2.04 bits per heavy atom. The fourth-order valence-electron chi connectivity index (χ4n) is 3.23. The van der Waals surface area contributed by atoms with Crippen molar-refractivity contribution in [2.45, 2.75) is 11.4 Å². The molecule has 5 heteroatoms. The molecule has 1 aliphatic heterocycles. The van der Waals surface area contributed by atoms with E-state index < -0.39 is 0 Å². The van der Waals surface area contributed by atoms with Crippen LogP contribution >= 0.6 is 11.8 Å². The predicted molar refractivity (Wildman–Crippen MR) is 110 cm³/mol. The number of rotatable bonds is 5. The molecule has 0 saturated carbocycles. The minimum Gasteiger partial charge on any atom is -0.496 e. The van der Waals surface area contributed by atoms with Gasteiger partial charge in [-0.05, 0) is 49.7 Å². The molecule has 0 saturated heterocycles. The van der Waals surface area contributed by atoms with E-state index in [1.165, 1.54) is 10.5 Å². The maximum Gasteiger partial charge on any atom is 0.125 e. The highest BCUT2D eigenvalue weighted by Gasteiger charge is 2.22. The van der Waals surface area contributed by atoms with Crippen molar-refractivity contribution in [2.24, 2.45) is 0 Å². The van der Waals surface area contributed by atoms with E-state index in [-0.39, 0.29) is 0 Å². The van der Waals surface area contributed by atoms with Crippen LogP contribution in [0.3, 0.4) is 0 Å². The fourth-order valence-corrected chi connectivity index (χ4v) is 3.89. The number of nitrogens with zero attached hydrogens (tertiary/aromatic N) is 3. The average molecular weight is 368 g/mol. The maximum atomic E-state index is 5.75. The Morgan fingerprint density at radius 1 is 1.27 bits per heavy atom. The summed E-state index contributed by atoms with van der Waals surface area (Å²) in [6, 6.07) is 6.44. The van der Waals surface area contributed by atoms with Crippen molar-refractivity contribution in [3.8, 4) is 5.75 Å². The molecule has 0 bridgehead atoms. The minimum absolute atomic E-state index is 0.843. The third-order valence-corrected chi connectivity index (χ3v) is 5.37. The zero-order chi connectivity index (χ0) is 18.8. The summed E-state index contributed by atoms with van der Waals surface area (Å²) >= 11 is 1.75. The van der Waals surface area contributed by atoms with Crippen molar-refractivity contribution in [3.63, 3.8) is 0 Å². The van der Waals surface area contributed by atoms with Gasteiger partial charge in [0.2, 0.25) is 0 Å². The van der Waals surface area contributed by atoms with E-state index in [1.807, 2.05) is 19.4 Å². The van der Waals surface area contributed by atoms with E-state index in [4.69, 9.17) is 4.74 Å². The Bertz CT molecular complexity index is 848. The summed E-state index contributed by atoms with van der Waals surface area (Å²) in [7, 11) is 7.91. The molecule has 2 aromatic rings. The molecular weight excluding hydrogens is 342 g/mol. The summed E-state index contributed by atoms with van der Waals surface area (Å²) in [5.41, 5.74) is 6.69. The lowest BCUT2D eigenvalue weighted by atomic mass is 9.91. The van der Waals surface area contributed by atoms with Gasteiger partial charge in [-0.2, -0.15) is 0 Å². The molecule has 3 rings (SSSR count). The molecule has 0 radical (unpaired) electrons. The van der Waals surface area contributed by atoms with Crippen molar-refractivity contribution in [2.75, 3.05) is 34.5 Å². The van der Waals surface area contributed by atoms with Gasteiger partial charge in [-0.25, -0.2) is 0 Å². The molecule has 4 nitrogen and oxygen atoms in total. The van der Waals surface area contributed by atoms with Gasteiger partial charge in [-0.15, -0.1) is 11.8 Å². The minimum atomic E-state index is 0.843. The third-order valence-electron chi connectivity index (χ3n) is 4.56. The van der Waals surface area contributed by atoms with Crippen LogP contribution in [0.4, 0.5) is 0 Å². The van der Waals surface area contributed by atoms with Crippen LogP contribution < -0.4 is 4.74 Å². The molecule has 1 aromatic heterocycles. The van der Waals surface area contributed by atoms with Crippen LogP contribution in [0.2, 0.25) is 0 Å². The second-order valence-electron chi connectivity index (χ2n) is 6.62. The molecule has 2 heterocycles. The van der Waals surface area contributed by atoms with Gasteiger partial charge in [-0.3, -0.25) is 4.98 Å². The monoisotopic (exact) mass is 367 g/mol. The van der Waals surface area contributed by atoms with Crippen molar-refractivity contribution < 1.29 is 4.74 Å². The van der Waals surface area contributed by atoms with Gasteiger partial charge in [-0.1, -0.05) is 6.58 Å². The lowest BCUT2D eigenvalue weighted by molar-refractivity contribution is 0.368. The van der Waals surface area contributed by atoms with Crippen molar-refractivity contribution in [1.29, 1.82) is 0 Å². The second-order valence-corrected chi connectivity index (χ2v) is 7.47. The van der Waals surface area contributed by atoms with Crippen LogP contribution in [0.1, 0.15) is 22.3 Å². The standard InChI is InChI=1S/C21H25N3OS/c1-14-17-11-22-8-7-16(17)18(13-24(14)4)15-9-20(25-5)19(12-23(2)3)21(10-15)26-6/h7-11,13H,1,12H2,2-6H3. The van der Waals surface area contributed by atoms with Gasteiger partial charge in [0.05, 0.1) is 7.11 Å². The molecular formula is C21H25N3OS. The Kier molecular flexibility index (Phi) is 5.39. The van der Waals surface area contributed by atoms with Crippen molar-refractivity contribution in [1.82, 2.24) is 14.8 Å². The molecule has 0 amide bonds. The van der Waals surface area contributed by atoms with Gasteiger partial charge >= 0.3 is 0 Å². The summed E-state index contributed by atoms with van der Waals surface area (Å²) in [5.74, 6) is 0.920. The second kappa shape index (κ2) is 7.56. The van der Waals surface area contributed by atoms with E-state index in [0.717, 1.165) is 40.3 Å². The molecule has 0 N–H and O–H groups in total. The molecule has 1 aliphatic rings.